The van der Waals surface area contributed by atoms with Gasteiger partial charge in [-0.05, 0) is 83.6 Å². The Balaban J connectivity index is 1.42. The lowest BCUT2D eigenvalue weighted by atomic mass is 10.1. The summed E-state index contributed by atoms with van der Waals surface area (Å²) in [6, 6.07) is 19.9. The zero-order valence-electron chi connectivity index (χ0n) is 17.0. The van der Waals surface area contributed by atoms with Crippen LogP contribution >= 0.6 is 11.8 Å². The zero-order valence-corrected chi connectivity index (χ0v) is 17.8. The molecule has 0 fully saturated rings. The molecule has 0 spiro atoms. The number of tetrazole rings is 1. The van der Waals surface area contributed by atoms with E-state index < -0.39 is 0 Å². The predicted octanol–water partition coefficient (Wildman–Crippen LogP) is 4.55. The SMILES string of the molecule is CC(=O)c1ccc(NC(=O)c2ccc(-n3nnnc3SCc3ccc(F)cc3)cc2)cc1. The lowest BCUT2D eigenvalue weighted by Crippen LogP contribution is -2.12. The normalized spacial score (nSPS) is 10.7. The summed E-state index contributed by atoms with van der Waals surface area (Å²) in [5.74, 6) is 0.00983. The molecule has 1 aromatic heterocycles. The summed E-state index contributed by atoms with van der Waals surface area (Å²) in [5.41, 5.74) is 3.32. The Morgan fingerprint density at radius 1 is 0.938 bits per heavy atom. The van der Waals surface area contributed by atoms with E-state index in [1.165, 1.54) is 30.8 Å². The summed E-state index contributed by atoms with van der Waals surface area (Å²) in [7, 11) is 0. The molecule has 0 atom stereocenters. The maximum atomic E-state index is 13.1. The molecule has 0 aliphatic carbocycles. The standard InChI is InChI=1S/C23H18FN5O2S/c1-15(30)17-4-10-20(11-5-17)25-22(31)18-6-12-21(13-7-18)29-23(26-27-28-29)32-14-16-2-8-19(24)9-3-16/h2-13H,14H2,1H3,(H,25,31). The number of carbonyl (C=O) groups is 2. The highest BCUT2D eigenvalue weighted by molar-refractivity contribution is 7.98. The van der Waals surface area contributed by atoms with Gasteiger partial charge in [-0.25, -0.2) is 4.39 Å². The van der Waals surface area contributed by atoms with Gasteiger partial charge < -0.3 is 5.32 Å². The van der Waals surface area contributed by atoms with E-state index in [9.17, 15) is 14.0 Å². The summed E-state index contributed by atoms with van der Waals surface area (Å²) in [6.07, 6.45) is 0. The van der Waals surface area contributed by atoms with Gasteiger partial charge in [-0.2, -0.15) is 4.68 Å². The first-order valence-electron chi connectivity index (χ1n) is 9.68. The molecule has 160 valence electrons. The molecule has 7 nitrogen and oxygen atoms in total. The number of carbonyl (C=O) groups excluding carboxylic acids is 2. The highest BCUT2D eigenvalue weighted by Gasteiger charge is 2.12. The first-order valence-corrected chi connectivity index (χ1v) is 10.7. The van der Waals surface area contributed by atoms with Crippen molar-refractivity contribution in [2.45, 2.75) is 17.8 Å². The van der Waals surface area contributed by atoms with Crippen molar-refractivity contribution >= 4 is 29.1 Å². The molecule has 1 amide bonds. The van der Waals surface area contributed by atoms with Crippen LogP contribution in [0.4, 0.5) is 10.1 Å². The highest BCUT2D eigenvalue weighted by atomic mass is 32.2. The molecule has 3 aromatic carbocycles. The number of aromatic nitrogens is 4. The van der Waals surface area contributed by atoms with Crippen molar-refractivity contribution in [1.29, 1.82) is 0 Å². The van der Waals surface area contributed by atoms with E-state index in [0.717, 1.165) is 5.56 Å². The fourth-order valence-corrected chi connectivity index (χ4v) is 3.75. The maximum Gasteiger partial charge on any atom is 0.255 e. The number of anilines is 1. The van der Waals surface area contributed by atoms with Crippen molar-refractivity contribution in [3.05, 3.63) is 95.3 Å². The third-order valence-corrected chi connectivity index (χ3v) is 5.64. The lowest BCUT2D eigenvalue weighted by Gasteiger charge is -2.08. The molecular weight excluding hydrogens is 429 g/mol. The van der Waals surface area contributed by atoms with Gasteiger partial charge in [-0.3, -0.25) is 9.59 Å². The molecule has 9 heteroatoms. The Morgan fingerprint density at radius 2 is 1.59 bits per heavy atom. The van der Waals surface area contributed by atoms with Gasteiger partial charge in [0.05, 0.1) is 5.69 Å². The van der Waals surface area contributed by atoms with Crippen molar-refractivity contribution in [2.75, 3.05) is 5.32 Å². The van der Waals surface area contributed by atoms with Crippen molar-refractivity contribution in [3.63, 3.8) is 0 Å². The van der Waals surface area contributed by atoms with Gasteiger partial charge in [0.1, 0.15) is 5.82 Å². The van der Waals surface area contributed by atoms with Crippen LogP contribution in [0.5, 0.6) is 0 Å². The molecule has 0 unspecified atom stereocenters. The average molecular weight is 447 g/mol. The third kappa shape index (κ3) is 5.06. The number of rotatable bonds is 7. The van der Waals surface area contributed by atoms with Gasteiger partial charge >= 0.3 is 0 Å². The quantitative estimate of drug-likeness (QED) is 0.330. The van der Waals surface area contributed by atoms with Crippen LogP contribution in [0, 0.1) is 5.82 Å². The van der Waals surface area contributed by atoms with E-state index in [0.29, 0.717) is 33.4 Å². The first kappa shape index (κ1) is 21.4. The summed E-state index contributed by atoms with van der Waals surface area (Å²) >= 11 is 1.42. The van der Waals surface area contributed by atoms with Crippen molar-refractivity contribution < 1.29 is 14.0 Å². The molecule has 32 heavy (non-hydrogen) atoms. The molecule has 1 N–H and O–H groups in total. The van der Waals surface area contributed by atoms with E-state index in [1.54, 1.807) is 65.3 Å². The van der Waals surface area contributed by atoms with Crippen LogP contribution in [0.3, 0.4) is 0 Å². The fourth-order valence-electron chi connectivity index (χ4n) is 2.91. The van der Waals surface area contributed by atoms with Crippen molar-refractivity contribution in [2.24, 2.45) is 0 Å². The van der Waals surface area contributed by atoms with E-state index in [-0.39, 0.29) is 17.5 Å². The monoisotopic (exact) mass is 447 g/mol. The molecule has 0 saturated carbocycles. The fraction of sp³-hybridized carbons (Fsp3) is 0.0870. The molecule has 0 aliphatic rings. The van der Waals surface area contributed by atoms with E-state index in [4.69, 9.17) is 0 Å². The second-order valence-electron chi connectivity index (χ2n) is 6.92. The summed E-state index contributed by atoms with van der Waals surface area (Å²) in [4.78, 5) is 23.9. The number of nitrogens with one attached hydrogen (secondary N) is 1. The number of hydrogen-bond acceptors (Lipinski definition) is 6. The number of ketones is 1. The number of hydrogen-bond donors (Lipinski definition) is 1. The number of amides is 1. The molecule has 4 rings (SSSR count). The van der Waals surface area contributed by atoms with E-state index in [1.807, 2.05) is 0 Å². The highest BCUT2D eigenvalue weighted by Crippen LogP contribution is 2.23. The number of Topliss-reactive ketones (excluding diaryl/α,β-unsaturated/α-hetero) is 1. The number of nitrogens with zero attached hydrogens (tertiary/aromatic N) is 4. The van der Waals surface area contributed by atoms with Gasteiger partial charge in [0.25, 0.3) is 5.91 Å². The lowest BCUT2D eigenvalue weighted by molar-refractivity contribution is 0.101. The van der Waals surface area contributed by atoms with Crippen molar-refractivity contribution in [1.82, 2.24) is 20.2 Å². The summed E-state index contributed by atoms with van der Waals surface area (Å²) in [6.45, 7) is 1.49. The molecule has 0 saturated heterocycles. The van der Waals surface area contributed by atoms with Crippen LogP contribution in [0.1, 0.15) is 33.2 Å². The number of benzene rings is 3. The largest absolute Gasteiger partial charge is 0.322 e. The Kier molecular flexibility index (Phi) is 6.37. The van der Waals surface area contributed by atoms with Crippen LogP contribution < -0.4 is 5.32 Å². The van der Waals surface area contributed by atoms with Crippen LogP contribution in [0.15, 0.2) is 78.0 Å². The Bertz CT molecular complexity index is 1240. The van der Waals surface area contributed by atoms with Gasteiger partial charge in [0.2, 0.25) is 5.16 Å². The molecular formula is C23H18FN5O2S. The number of halogens is 1. The minimum Gasteiger partial charge on any atom is -0.322 e. The minimum atomic E-state index is -0.277. The third-order valence-electron chi connectivity index (χ3n) is 4.65. The predicted molar refractivity (Wildman–Crippen MR) is 120 cm³/mol. The Morgan fingerprint density at radius 3 is 2.25 bits per heavy atom. The topological polar surface area (TPSA) is 89.8 Å². The van der Waals surface area contributed by atoms with Crippen LogP contribution in [-0.2, 0) is 5.75 Å². The number of thioether (sulfide) groups is 1. The van der Waals surface area contributed by atoms with Crippen LogP contribution in [0.25, 0.3) is 5.69 Å². The summed E-state index contributed by atoms with van der Waals surface area (Å²) in [5, 5.41) is 15.2. The Labute approximate surface area is 187 Å². The van der Waals surface area contributed by atoms with Crippen molar-refractivity contribution in [3.8, 4) is 5.69 Å². The van der Waals surface area contributed by atoms with Gasteiger partial charge in [-0.1, -0.05) is 23.9 Å². The molecule has 0 aliphatic heterocycles. The Hall–Kier alpha value is -3.85. The van der Waals surface area contributed by atoms with E-state index >= 15 is 0 Å². The van der Waals surface area contributed by atoms with Gasteiger partial charge in [-0.15, -0.1) is 5.10 Å². The first-order chi connectivity index (χ1) is 15.5. The maximum absolute atomic E-state index is 13.1. The zero-order chi connectivity index (χ0) is 22.5. The molecule has 0 bridgehead atoms. The van der Waals surface area contributed by atoms with Gasteiger partial charge in [0.15, 0.2) is 5.78 Å². The summed E-state index contributed by atoms with van der Waals surface area (Å²) < 4.78 is 14.6. The van der Waals surface area contributed by atoms with Crippen LogP contribution in [-0.4, -0.2) is 31.9 Å². The van der Waals surface area contributed by atoms with Crippen LogP contribution in [0.2, 0.25) is 0 Å². The molecule has 4 aromatic rings. The molecule has 0 radical (unpaired) electrons. The van der Waals surface area contributed by atoms with E-state index in [2.05, 4.69) is 20.8 Å². The molecule has 1 heterocycles. The minimum absolute atomic E-state index is 0.0312. The average Bonchev–Trinajstić information content (AvgIpc) is 3.28. The second-order valence-corrected chi connectivity index (χ2v) is 7.87. The smallest absolute Gasteiger partial charge is 0.255 e. The van der Waals surface area contributed by atoms with Gasteiger partial charge in [0, 0.05) is 22.6 Å². The second kappa shape index (κ2) is 9.52.